The Morgan fingerprint density at radius 2 is 1.64 bits per heavy atom. The zero-order valence-electron chi connectivity index (χ0n) is 17.9. The van der Waals surface area contributed by atoms with Crippen LogP contribution in [0.4, 0.5) is 18.9 Å². The average molecular weight is 487 g/mol. The van der Waals surface area contributed by atoms with Crippen LogP contribution < -0.4 is 10.0 Å². The van der Waals surface area contributed by atoms with E-state index in [1.165, 1.54) is 37.4 Å². The lowest BCUT2D eigenvalue weighted by atomic mass is 10.1. The first kappa shape index (κ1) is 26.2. The number of methoxy groups -OCH3 is 1. The Hall–Kier alpha value is -3.08. The normalized spacial score (nSPS) is 11.6. The first-order valence-electron chi connectivity index (χ1n) is 10.2. The monoisotopic (exact) mass is 486 g/mol. The summed E-state index contributed by atoms with van der Waals surface area (Å²) in [4.78, 5) is 23.0. The molecule has 0 saturated heterocycles. The van der Waals surface area contributed by atoms with Crippen molar-refractivity contribution in [2.24, 2.45) is 0 Å². The summed E-state index contributed by atoms with van der Waals surface area (Å²) in [5.74, 6) is -0.627. The largest absolute Gasteiger partial charge is 0.469 e. The van der Waals surface area contributed by atoms with Gasteiger partial charge >= 0.3 is 12.1 Å². The van der Waals surface area contributed by atoms with Crippen LogP contribution in [-0.2, 0) is 25.7 Å². The van der Waals surface area contributed by atoms with Gasteiger partial charge in [0.05, 0.1) is 17.6 Å². The quantitative estimate of drug-likeness (QED) is 0.363. The van der Waals surface area contributed by atoms with E-state index < -0.39 is 21.8 Å². The number of anilines is 1. The summed E-state index contributed by atoms with van der Waals surface area (Å²) in [5, 5.41) is 2.73. The number of hydrogen-bond donors (Lipinski definition) is 2. The molecule has 7 nitrogen and oxygen atoms in total. The van der Waals surface area contributed by atoms with Crippen LogP contribution in [0.3, 0.4) is 0 Å². The number of hydrogen-bond acceptors (Lipinski definition) is 5. The third-order valence-electron chi connectivity index (χ3n) is 4.69. The van der Waals surface area contributed by atoms with E-state index in [1.54, 1.807) is 0 Å². The molecule has 11 heteroatoms. The van der Waals surface area contributed by atoms with Crippen molar-refractivity contribution in [1.82, 2.24) is 5.32 Å². The molecule has 2 rings (SSSR count). The van der Waals surface area contributed by atoms with Crippen molar-refractivity contribution < 1.29 is 35.9 Å². The average Bonchev–Trinajstić information content (AvgIpc) is 2.77. The molecule has 2 aromatic rings. The number of halogens is 3. The fraction of sp³-hybridized carbons (Fsp3) is 0.364. The topological polar surface area (TPSA) is 102 Å². The molecule has 0 aromatic heterocycles. The number of unbranched alkanes of at least 4 members (excludes halogenated alkanes) is 3. The highest BCUT2D eigenvalue weighted by Crippen LogP contribution is 2.31. The lowest BCUT2D eigenvalue weighted by Crippen LogP contribution is -2.24. The smallest absolute Gasteiger partial charge is 0.416 e. The molecule has 0 spiro atoms. The van der Waals surface area contributed by atoms with Crippen molar-refractivity contribution in [2.75, 3.05) is 18.4 Å². The molecule has 2 aromatic carbocycles. The number of sulfonamides is 1. The highest BCUT2D eigenvalue weighted by Gasteiger charge is 2.30. The Labute approximate surface area is 190 Å². The number of nitrogens with one attached hydrogen (secondary N) is 2. The van der Waals surface area contributed by atoms with Crippen molar-refractivity contribution in [3.05, 3.63) is 59.7 Å². The number of rotatable bonds is 11. The predicted molar refractivity (Wildman–Crippen MR) is 116 cm³/mol. The number of amides is 1. The summed E-state index contributed by atoms with van der Waals surface area (Å²) in [6.45, 7) is 0.425. The van der Waals surface area contributed by atoms with Gasteiger partial charge in [-0.3, -0.25) is 14.3 Å². The maximum atomic E-state index is 12.8. The van der Waals surface area contributed by atoms with Crippen LogP contribution in [0.5, 0.6) is 0 Å². The standard InChI is InChI=1S/C22H25F3N2O5S/c1-32-20(28)9-4-2-3-5-14-26-21(29)16-10-12-19(13-11-16)33(30,31)27-18-8-6-7-17(15-18)22(23,24)25/h6-8,10-13,15,27H,2-5,9,14H2,1H3,(H,26,29). The van der Waals surface area contributed by atoms with Gasteiger partial charge in [-0.1, -0.05) is 18.9 Å². The molecule has 0 fully saturated rings. The Kier molecular flexibility index (Phi) is 9.27. The van der Waals surface area contributed by atoms with Gasteiger partial charge in [-0.15, -0.1) is 0 Å². The molecule has 0 saturated carbocycles. The Morgan fingerprint density at radius 1 is 0.970 bits per heavy atom. The number of ether oxygens (including phenoxy) is 1. The van der Waals surface area contributed by atoms with Gasteiger partial charge < -0.3 is 10.1 Å². The second kappa shape index (κ2) is 11.7. The minimum atomic E-state index is -4.60. The zero-order chi connectivity index (χ0) is 24.5. The molecule has 0 aliphatic carbocycles. The van der Waals surface area contributed by atoms with Gasteiger partial charge in [-0.05, 0) is 55.3 Å². The maximum absolute atomic E-state index is 12.8. The van der Waals surface area contributed by atoms with E-state index in [9.17, 15) is 31.2 Å². The second-order valence-corrected chi connectivity index (χ2v) is 8.89. The summed E-state index contributed by atoms with van der Waals surface area (Å²) in [6.07, 6.45) is -1.14. The highest BCUT2D eigenvalue weighted by atomic mass is 32.2. The maximum Gasteiger partial charge on any atom is 0.416 e. The van der Waals surface area contributed by atoms with Crippen LogP contribution in [0.1, 0.15) is 48.0 Å². The number of alkyl halides is 3. The molecular weight excluding hydrogens is 461 g/mol. The van der Waals surface area contributed by atoms with Crippen molar-refractivity contribution in [3.8, 4) is 0 Å². The molecule has 0 radical (unpaired) electrons. The van der Waals surface area contributed by atoms with Crippen LogP contribution in [0, 0.1) is 0 Å². The van der Waals surface area contributed by atoms with Gasteiger partial charge in [0, 0.05) is 24.2 Å². The third-order valence-corrected chi connectivity index (χ3v) is 6.09. The Bertz CT molecular complexity index is 1050. The lowest BCUT2D eigenvalue weighted by Gasteiger charge is -2.11. The zero-order valence-corrected chi connectivity index (χ0v) is 18.8. The summed E-state index contributed by atoms with van der Waals surface area (Å²) in [5.41, 5.74) is -0.949. The number of esters is 1. The minimum absolute atomic E-state index is 0.193. The first-order valence-corrected chi connectivity index (χ1v) is 11.7. The molecule has 0 bridgehead atoms. The van der Waals surface area contributed by atoms with Gasteiger partial charge in [-0.2, -0.15) is 13.2 Å². The van der Waals surface area contributed by atoms with E-state index in [-0.39, 0.29) is 28.0 Å². The molecule has 0 aliphatic heterocycles. The van der Waals surface area contributed by atoms with Crippen molar-refractivity contribution in [1.29, 1.82) is 0 Å². The van der Waals surface area contributed by atoms with Gasteiger partial charge in [0.2, 0.25) is 0 Å². The Balaban J connectivity index is 1.87. The SMILES string of the molecule is COC(=O)CCCCCCNC(=O)c1ccc(S(=O)(=O)Nc2cccc(C(F)(F)F)c2)cc1. The lowest BCUT2D eigenvalue weighted by molar-refractivity contribution is -0.140. The van der Waals surface area contributed by atoms with Crippen molar-refractivity contribution in [3.63, 3.8) is 0 Å². The van der Waals surface area contributed by atoms with E-state index in [0.717, 1.165) is 31.4 Å². The van der Waals surface area contributed by atoms with E-state index in [2.05, 4.69) is 14.8 Å². The fourth-order valence-electron chi connectivity index (χ4n) is 2.91. The van der Waals surface area contributed by atoms with Crippen molar-refractivity contribution >= 4 is 27.6 Å². The highest BCUT2D eigenvalue weighted by molar-refractivity contribution is 7.92. The third kappa shape index (κ3) is 8.41. The fourth-order valence-corrected chi connectivity index (χ4v) is 3.96. The summed E-state index contributed by atoms with van der Waals surface area (Å²) < 4.78 is 70.1. The number of benzene rings is 2. The minimum Gasteiger partial charge on any atom is -0.469 e. The van der Waals surface area contributed by atoms with E-state index in [4.69, 9.17) is 0 Å². The van der Waals surface area contributed by atoms with Gasteiger partial charge in [0.25, 0.3) is 15.9 Å². The van der Waals surface area contributed by atoms with Crippen LogP contribution in [0.15, 0.2) is 53.4 Å². The van der Waals surface area contributed by atoms with Crippen LogP contribution in [0.2, 0.25) is 0 Å². The summed E-state index contributed by atoms with van der Waals surface area (Å²) in [7, 11) is -2.80. The van der Waals surface area contributed by atoms with E-state index >= 15 is 0 Å². The molecule has 180 valence electrons. The predicted octanol–water partition coefficient (Wildman–Crippen LogP) is 4.36. The van der Waals surface area contributed by atoms with Crippen LogP contribution in [-0.4, -0.2) is 33.9 Å². The molecule has 2 N–H and O–H groups in total. The second-order valence-electron chi connectivity index (χ2n) is 7.20. The molecule has 0 unspecified atom stereocenters. The molecule has 0 heterocycles. The first-order chi connectivity index (χ1) is 15.5. The number of carbonyl (C=O) groups is 2. The van der Waals surface area contributed by atoms with Gasteiger partial charge in [0.15, 0.2) is 0 Å². The summed E-state index contributed by atoms with van der Waals surface area (Å²) >= 11 is 0. The van der Waals surface area contributed by atoms with Crippen LogP contribution in [0.25, 0.3) is 0 Å². The molecular formula is C22H25F3N2O5S. The summed E-state index contributed by atoms with van der Waals surface area (Å²) in [6, 6.07) is 8.92. The van der Waals surface area contributed by atoms with E-state index in [1.807, 2.05) is 0 Å². The number of carbonyl (C=O) groups excluding carboxylic acids is 2. The Morgan fingerprint density at radius 3 is 2.27 bits per heavy atom. The van der Waals surface area contributed by atoms with E-state index in [0.29, 0.717) is 25.5 Å². The van der Waals surface area contributed by atoms with Crippen molar-refractivity contribution in [2.45, 2.75) is 43.2 Å². The molecule has 33 heavy (non-hydrogen) atoms. The van der Waals surface area contributed by atoms with Gasteiger partial charge in [-0.25, -0.2) is 8.42 Å². The van der Waals surface area contributed by atoms with Gasteiger partial charge in [0.1, 0.15) is 0 Å². The molecule has 0 aliphatic rings. The van der Waals surface area contributed by atoms with Crippen LogP contribution >= 0.6 is 0 Å². The molecule has 1 amide bonds. The molecule has 0 atom stereocenters.